The molecule has 3 aromatic rings. The molecule has 24 heavy (non-hydrogen) atoms. The van der Waals surface area contributed by atoms with E-state index in [9.17, 15) is 13.2 Å². The fourth-order valence-electron chi connectivity index (χ4n) is 2.49. The van der Waals surface area contributed by atoms with E-state index in [-0.39, 0.29) is 16.8 Å². The summed E-state index contributed by atoms with van der Waals surface area (Å²) in [5, 5.41) is 10.5. The van der Waals surface area contributed by atoms with E-state index in [1.165, 1.54) is 12.1 Å². The molecule has 124 valence electrons. The third kappa shape index (κ3) is 3.16. The average molecular weight is 343 g/mol. The van der Waals surface area contributed by atoms with Gasteiger partial charge in [-0.25, -0.2) is 8.42 Å². The Balaban J connectivity index is 1.79. The zero-order valence-electron chi connectivity index (χ0n) is 13.3. The van der Waals surface area contributed by atoms with Crippen LogP contribution in [0, 0.1) is 0 Å². The number of H-pyrrole nitrogens is 1. The molecule has 0 saturated carbocycles. The van der Waals surface area contributed by atoms with Gasteiger partial charge in [-0.3, -0.25) is 9.89 Å². The quantitative estimate of drug-likeness (QED) is 0.761. The first-order chi connectivity index (χ1) is 11.4. The summed E-state index contributed by atoms with van der Waals surface area (Å²) in [5.41, 5.74) is 1.95. The van der Waals surface area contributed by atoms with Crippen molar-refractivity contribution in [2.75, 3.05) is 6.26 Å². The molecule has 6 nitrogen and oxygen atoms in total. The molecule has 1 amide bonds. The number of benzene rings is 2. The maximum absolute atomic E-state index is 12.4. The molecule has 1 atom stereocenters. The predicted octanol–water partition coefficient (Wildman–Crippen LogP) is 2.46. The van der Waals surface area contributed by atoms with Crippen molar-refractivity contribution in [3.63, 3.8) is 0 Å². The number of hydrogen-bond donors (Lipinski definition) is 2. The summed E-state index contributed by atoms with van der Waals surface area (Å²) in [4.78, 5) is 12.7. The van der Waals surface area contributed by atoms with Crippen molar-refractivity contribution in [1.82, 2.24) is 15.5 Å². The highest BCUT2D eigenvalue weighted by Gasteiger charge is 2.17. The molecule has 0 aliphatic carbocycles. The van der Waals surface area contributed by atoms with Gasteiger partial charge in [-0.15, -0.1) is 0 Å². The van der Waals surface area contributed by atoms with E-state index < -0.39 is 9.84 Å². The van der Waals surface area contributed by atoms with Crippen molar-refractivity contribution in [3.8, 4) is 0 Å². The number of carbonyl (C=O) groups is 1. The minimum Gasteiger partial charge on any atom is -0.344 e. The average Bonchev–Trinajstić information content (AvgIpc) is 2.98. The molecule has 1 aromatic heterocycles. The summed E-state index contributed by atoms with van der Waals surface area (Å²) in [5.74, 6) is -0.285. The smallest absolute Gasteiger partial charge is 0.272 e. The van der Waals surface area contributed by atoms with Crippen LogP contribution in [0.15, 0.2) is 53.4 Å². The van der Waals surface area contributed by atoms with E-state index in [1.807, 2.05) is 31.2 Å². The van der Waals surface area contributed by atoms with Crippen molar-refractivity contribution >= 4 is 26.6 Å². The van der Waals surface area contributed by atoms with Crippen LogP contribution >= 0.6 is 0 Å². The van der Waals surface area contributed by atoms with Crippen molar-refractivity contribution in [2.45, 2.75) is 17.9 Å². The summed E-state index contributed by atoms with van der Waals surface area (Å²) < 4.78 is 23.0. The standard InChI is InChI=1S/C17H17N3O3S/c1-11(12-7-9-13(10-8-12)24(2,22)23)18-17(21)16-14-5-3-4-6-15(14)19-20-16/h3-11H,1-2H3,(H,18,21)(H,19,20)/t11-/m0/s1. The third-order valence-electron chi connectivity index (χ3n) is 3.84. The zero-order chi connectivity index (χ0) is 17.3. The molecule has 7 heteroatoms. The lowest BCUT2D eigenvalue weighted by Gasteiger charge is -2.14. The Morgan fingerprint density at radius 3 is 2.46 bits per heavy atom. The fraction of sp³-hybridized carbons (Fsp3) is 0.176. The van der Waals surface area contributed by atoms with Gasteiger partial charge in [0.1, 0.15) is 0 Å². The first-order valence-corrected chi connectivity index (χ1v) is 9.29. The van der Waals surface area contributed by atoms with E-state index in [0.717, 1.165) is 22.7 Å². The van der Waals surface area contributed by atoms with Crippen molar-refractivity contribution in [3.05, 3.63) is 59.8 Å². The van der Waals surface area contributed by atoms with Gasteiger partial charge < -0.3 is 5.32 Å². The minimum atomic E-state index is -3.23. The number of aromatic nitrogens is 2. The topological polar surface area (TPSA) is 91.9 Å². The van der Waals surface area contributed by atoms with Crippen LogP contribution in [0.5, 0.6) is 0 Å². The summed E-state index contributed by atoms with van der Waals surface area (Å²) in [7, 11) is -3.23. The van der Waals surface area contributed by atoms with Gasteiger partial charge in [-0.05, 0) is 30.7 Å². The van der Waals surface area contributed by atoms with Crippen molar-refractivity contribution in [2.24, 2.45) is 0 Å². The maximum Gasteiger partial charge on any atom is 0.272 e. The molecule has 2 aromatic carbocycles. The zero-order valence-corrected chi connectivity index (χ0v) is 14.1. The SMILES string of the molecule is C[C@H](NC(=O)c1n[nH]c2ccccc12)c1ccc(S(C)(=O)=O)cc1. The number of sulfone groups is 1. The van der Waals surface area contributed by atoms with Crippen LogP contribution in [-0.4, -0.2) is 30.8 Å². The molecule has 0 bridgehead atoms. The van der Waals surface area contributed by atoms with Gasteiger partial charge in [-0.2, -0.15) is 5.10 Å². The molecule has 3 rings (SSSR count). The lowest BCUT2D eigenvalue weighted by Crippen LogP contribution is -2.27. The number of nitrogens with one attached hydrogen (secondary N) is 2. The van der Waals surface area contributed by atoms with Gasteiger partial charge in [0.25, 0.3) is 5.91 Å². The van der Waals surface area contributed by atoms with Gasteiger partial charge in [0.05, 0.1) is 16.5 Å². The van der Waals surface area contributed by atoms with Crippen LogP contribution in [-0.2, 0) is 9.84 Å². The second-order valence-electron chi connectivity index (χ2n) is 5.65. The Morgan fingerprint density at radius 2 is 1.79 bits per heavy atom. The molecular formula is C17H17N3O3S. The largest absolute Gasteiger partial charge is 0.344 e. The first-order valence-electron chi connectivity index (χ1n) is 7.40. The minimum absolute atomic E-state index is 0.253. The van der Waals surface area contributed by atoms with Crippen LogP contribution in [0.2, 0.25) is 0 Å². The molecule has 0 fully saturated rings. The first kappa shape index (κ1) is 16.2. The highest BCUT2D eigenvalue weighted by Crippen LogP contribution is 2.19. The Labute approximate surface area is 139 Å². The number of hydrogen-bond acceptors (Lipinski definition) is 4. The molecule has 2 N–H and O–H groups in total. The number of para-hydroxylation sites is 1. The van der Waals surface area contributed by atoms with Gasteiger partial charge in [0, 0.05) is 11.6 Å². The second-order valence-corrected chi connectivity index (χ2v) is 7.67. The van der Waals surface area contributed by atoms with Crippen LogP contribution in [0.25, 0.3) is 10.9 Å². The van der Waals surface area contributed by atoms with Crippen LogP contribution < -0.4 is 5.32 Å². The summed E-state index contributed by atoms with van der Waals surface area (Å²) in [6, 6.07) is 13.6. The number of rotatable bonds is 4. The summed E-state index contributed by atoms with van der Waals surface area (Å²) in [6.07, 6.45) is 1.16. The number of nitrogens with zero attached hydrogens (tertiary/aromatic N) is 1. The molecule has 0 radical (unpaired) electrons. The molecule has 0 aliphatic heterocycles. The molecule has 0 unspecified atom stereocenters. The molecule has 0 aliphatic rings. The van der Waals surface area contributed by atoms with E-state index in [1.54, 1.807) is 12.1 Å². The van der Waals surface area contributed by atoms with E-state index in [0.29, 0.717) is 5.69 Å². The lowest BCUT2D eigenvalue weighted by molar-refractivity contribution is 0.0936. The van der Waals surface area contributed by atoms with Gasteiger partial charge >= 0.3 is 0 Å². The predicted molar refractivity (Wildman–Crippen MR) is 91.5 cm³/mol. The Bertz CT molecular complexity index is 991. The fourth-order valence-corrected chi connectivity index (χ4v) is 3.12. The van der Waals surface area contributed by atoms with Crippen molar-refractivity contribution < 1.29 is 13.2 Å². The third-order valence-corrected chi connectivity index (χ3v) is 4.97. The summed E-state index contributed by atoms with van der Waals surface area (Å²) >= 11 is 0. The number of carbonyl (C=O) groups excluding carboxylic acids is 1. The Morgan fingerprint density at radius 1 is 1.12 bits per heavy atom. The molecular weight excluding hydrogens is 326 g/mol. The van der Waals surface area contributed by atoms with Gasteiger partial charge in [-0.1, -0.05) is 30.3 Å². The van der Waals surface area contributed by atoms with E-state index in [2.05, 4.69) is 15.5 Å². The maximum atomic E-state index is 12.4. The molecule has 0 spiro atoms. The lowest BCUT2D eigenvalue weighted by atomic mass is 10.1. The van der Waals surface area contributed by atoms with E-state index >= 15 is 0 Å². The normalized spacial score (nSPS) is 12.9. The Kier molecular flexibility index (Phi) is 4.11. The highest BCUT2D eigenvalue weighted by molar-refractivity contribution is 7.90. The summed E-state index contributed by atoms with van der Waals surface area (Å²) in [6.45, 7) is 1.84. The monoisotopic (exact) mass is 343 g/mol. The second kappa shape index (κ2) is 6.09. The Hall–Kier alpha value is -2.67. The van der Waals surface area contributed by atoms with Crippen LogP contribution in [0.4, 0.5) is 0 Å². The molecule has 0 saturated heterocycles. The van der Waals surface area contributed by atoms with Crippen molar-refractivity contribution in [1.29, 1.82) is 0 Å². The highest BCUT2D eigenvalue weighted by atomic mass is 32.2. The van der Waals surface area contributed by atoms with Gasteiger partial charge in [0.2, 0.25) is 0 Å². The molecule has 1 heterocycles. The van der Waals surface area contributed by atoms with Gasteiger partial charge in [0.15, 0.2) is 15.5 Å². The number of amides is 1. The number of fused-ring (bicyclic) bond motifs is 1. The number of aromatic amines is 1. The van der Waals surface area contributed by atoms with E-state index in [4.69, 9.17) is 0 Å². The van der Waals surface area contributed by atoms with Crippen LogP contribution in [0.1, 0.15) is 29.0 Å². The van der Waals surface area contributed by atoms with Crippen LogP contribution in [0.3, 0.4) is 0 Å².